The lowest BCUT2D eigenvalue weighted by atomic mass is 10.2. The summed E-state index contributed by atoms with van der Waals surface area (Å²) < 4.78 is 0. The minimum Gasteiger partial charge on any atom is -0.366 e. The van der Waals surface area contributed by atoms with Crippen LogP contribution in [0.25, 0.3) is 0 Å². The highest BCUT2D eigenvalue weighted by atomic mass is 35.5. The Labute approximate surface area is 114 Å². The van der Waals surface area contributed by atoms with Gasteiger partial charge in [-0.15, -0.1) is 11.6 Å². The number of anilines is 1. The molecule has 0 aliphatic carbocycles. The lowest BCUT2D eigenvalue weighted by molar-refractivity contribution is 0.312. The van der Waals surface area contributed by atoms with Gasteiger partial charge in [0, 0.05) is 32.1 Å². The Morgan fingerprint density at radius 2 is 1.94 bits per heavy atom. The zero-order valence-corrected chi connectivity index (χ0v) is 12.1. The third-order valence-corrected chi connectivity index (χ3v) is 3.60. The molecule has 0 atom stereocenters. The molecule has 0 radical (unpaired) electrons. The van der Waals surface area contributed by atoms with Gasteiger partial charge in [0.25, 0.3) is 0 Å². The van der Waals surface area contributed by atoms with Gasteiger partial charge < -0.3 is 9.80 Å². The van der Waals surface area contributed by atoms with Crippen LogP contribution < -0.4 is 4.90 Å². The number of nitrogens with zero attached hydrogens (tertiary/aromatic N) is 4. The average molecular weight is 269 g/mol. The molecule has 1 saturated heterocycles. The summed E-state index contributed by atoms with van der Waals surface area (Å²) >= 11 is 6.03. The summed E-state index contributed by atoms with van der Waals surface area (Å²) in [7, 11) is 2.15. The molecule has 2 rings (SSSR count). The van der Waals surface area contributed by atoms with Crippen molar-refractivity contribution in [2.45, 2.75) is 25.6 Å². The molecule has 100 valence electrons. The Morgan fingerprint density at radius 3 is 2.50 bits per heavy atom. The highest BCUT2D eigenvalue weighted by Gasteiger charge is 2.18. The van der Waals surface area contributed by atoms with Crippen LogP contribution >= 0.6 is 11.6 Å². The largest absolute Gasteiger partial charge is 0.366 e. The summed E-state index contributed by atoms with van der Waals surface area (Å²) in [4.78, 5) is 13.7. The molecule has 1 aromatic rings. The number of hydrogen-bond donors (Lipinski definition) is 0. The number of aromatic nitrogens is 2. The molecule has 1 aromatic heterocycles. The molecule has 1 aliphatic rings. The predicted octanol–water partition coefficient (Wildman–Crippen LogP) is 2.09. The highest BCUT2D eigenvalue weighted by molar-refractivity contribution is 6.17. The van der Waals surface area contributed by atoms with E-state index in [4.69, 9.17) is 11.6 Å². The standard InChI is InChI=1S/C13H21ClN4/c1-10(2)13-15-9-12(11(8-14)16-13)18-6-4-17(3)5-7-18/h9-10H,4-8H2,1-3H3. The van der Waals surface area contributed by atoms with Crippen molar-refractivity contribution in [3.05, 3.63) is 17.7 Å². The molecule has 0 spiro atoms. The number of hydrogen-bond acceptors (Lipinski definition) is 4. The normalized spacial score (nSPS) is 17.5. The lowest BCUT2D eigenvalue weighted by Crippen LogP contribution is -2.45. The molecular weight excluding hydrogens is 248 g/mol. The molecule has 1 fully saturated rings. The molecule has 5 heteroatoms. The topological polar surface area (TPSA) is 32.3 Å². The van der Waals surface area contributed by atoms with Crippen LogP contribution in [-0.4, -0.2) is 48.1 Å². The van der Waals surface area contributed by atoms with Crippen molar-refractivity contribution in [3.8, 4) is 0 Å². The SMILES string of the molecule is CC(C)c1ncc(N2CCN(C)CC2)c(CCl)n1. The molecule has 0 amide bonds. The molecule has 4 nitrogen and oxygen atoms in total. The number of halogens is 1. The van der Waals surface area contributed by atoms with Gasteiger partial charge in [0.05, 0.1) is 23.5 Å². The van der Waals surface area contributed by atoms with Gasteiger partial charge in [0.15, 0.2) is 0 Å². The summed E-state index contributed by atoms with van der Waals surface area (Å²) in [5.74, 6) is 1.67. The number of alkyl halides is 1. The zero-order valence-electron chi connectivity index (χ0n) is 11.4. The van der Waals surface area contributed by atoms with Gasteiger partial charge in [0.2, 0.25) is 0 Å². The third kappa shape index (κ3) is 2.93. The van der Waals surface area contributed by atoms with Crippen LogP contribution in [0.2, 0.25) is 0 Å². The number of likely N-dealkylation sites (N-methyl/N-ethyl adjacent to an activating group) is 1. The van der Waals surface area contributed by atoms with E-state index in [0.29, 0.717) is 11.8 Å². The monoisotopic (exact) mass is 268 g/mol. The molecule has 18 heavy (non-hydrogen) atoms. The van der Waals surface area contributed by atoms with Crippen molar-refractivity contribution in [2.24, 2.45) is 0 Å². The maximum absolute atomic E-state index is 6.03. The van der Waals surface area contributed by atoms with E-state index in [1.165, 1.54) is 0 Å². The van der Waals surface area contributed by atoms with Crippen LogP contribution in [0.1, 0.15) is 31.3 Å². The van der Waals surface area contributed by atoms with Crippen molar-refractivity contribution in [2.75, 3.05) is 38.1 Å². The first-order valence-corrected chi connectivity index (χ1v) is 7.00. The van der Waals surface area contributed by atoms with Crippen molar-refractivity contribution < 1.29 is 0 Å². The van der Waals surface area contributed by atoms with E-state index in [1.807, 2.05) is 6.20 Å². The minimum atomic E-state index is 0.341. The Hall–Kier alpha value is -0.870. The van der Waals surface area contributed by atoms with E-state index in [-0.39, 0.29) is 0 Å². The smallest absolute Gasteiger partial charge is 0.131 e. The molecule has 0 bridgehead atoms. The van der Waals surface area contributed by atoms with Crippen LogP contribution in [0.15, 0.2) is 6.20 Å². The fourth-order valence-electron chi connectivity index (χ4n) is 2.11. The maximum Gasteiger partial charge on any atom is 0.131 e. The fraction of sp³-hybridized carbons (Fsp3) is 0.692. The Balaban J connectivity index is 2.22. The molecule has 2 heterocycles. The Bertz CT molecular complexity index is 400. The summed E-state index contributed by atoms with van der Waals surface area (Å²) in [6.45, 7) is 8.39. The highest BCUT2D eigenvalue weighted by Crippen LogP contribution is 2.22. The van der Waals surface area contributed by atoms with Crippen molar-refractivity contribution >= 4 is 17.3 Å². The van der Waals surface area contributed by atoms with Gasteiger partial charge in [-0.05, 0) is 7.05 Å². The maximum atomic E-state index is 6.03. The van der Waals surface area contributed by atoms with Crippen molar-refractivity contribution in [1.82, 2.24) is 14.9 Å². The van der Waals surface area contributed by atoms with Gasteiger partial charge in [-0.25, -0.2) is 9.97 Å². The molecule has 0 saturated carbocycles. The van der Waals surface area contributed by atoms with E-state index in [9.17, 15) is 0 Å². The fourth-order valence-corrected chi connectivity index (χ4v) is 2.31. The van der Waals surface area contributed by atoms with Crippen molar-refractivity contribution in [3.63, 3.8) is 0 Å². The molecule has 1 aliphatic heterocycles. The quantitative estimate of drug-likeness (QED) is 0.786. The summed E-state index contributed by atoms with van der Waals surface area (Å²) in [5.41, 5.74) is 2.06. The second-order valence-corrected chi connectivity index (χ2v) is 5.41. The van der Waals surface area contributed by atoms with Crippen LogP contribution in [0.4, 0.5) is 5.69 Å². The van der Waals surface area contributed by atoms with E-state index in [2.05, 4.69) is 40.7 Å². The molecule has 0 unspecified atom stereocenters. The average Bonchev–Trinajstić information content (AvgIpc) is 2.39. The van der Waals surface area contributed by atoms with Crippen LogP contribution in [0, 0.1) is 0 Å². The van der Waals surface area contributed by atoms with E-state index in [0.717, 1.165) is 43.4 Å². The minimum absolute atomic E-state index is 0.341. The second kappa shape index (κ2) is 5.85. The second-order valence-electron chi connectivity index (χ2n) is 5.14. The number of rotatable bonds is 3. The summed E-state index contributed by atoms with van der Waals surface area (Å²) in [6.07, 6.45) is 1.94. The van der Waals surface area contributed by atoms with Crippen LogP contribution in [-0.2, 0) is 5.88 Å². The molecule has 0 N–H and O–H groups in total. The third-order valence-electron chi connectivity index (χ3n) is 3.35. The van der Waals surface area contributed by atoms with Crippen LogP contribution in [0.3, 0.4) is 0 Å². The summed E-state index contributed by atoms with van der Waals surface area (Å²) in [6, 6.07) is 0. The molecular formula is C13H21ClN4. The molecule has 0 aromatic carbocycles. The van der Waals surface area contributed by atoms with Gasteiger partial charge in [-0.3, -0.25) is 0 Å². The predicted molar refractivity (Wildman–Crippen MR) is 75.4 cm³/mol. The van der Waals surface area contributed by atoms with Gasteiger partial charge in [-0.1, -0.05) is 13.8 Å². The van der Waals surface area contributed by atoms with E-state index in [1.54, 1.807) is 0 Å². The Morgan fingerprint density at radius 1 is 1.28 bits per heavy atom. The van der Waals surface area contributed by atoms with Gasteiger partial charge in [0.1, 0.15) is 5.82 Å². The first kappa shape index (κ1) is 13.6. The zero-order chi connectivity index (χ0) is 13.1. The van der Waals surface area contributed by atoms with Gasteiger partial charge in [-0.2, -0.15) is 0 Å². The van der Waals surface area contributed by atoms with Crippen molar-refractivity contribution in [1.29, 1.82) is 0 Å². The first-order chi connectivity index (χ1) is 8.61. The van der Waals surface area contributed by atoms with E-state index < -0.39 is 0 Å². The van der Waals surface area contributed by atoms with Gasteiger partial charge >= 0.3 is 0 Å². The lowest BCUT2D eigenvalue weighted by Gasteiger charge is -2.34. The summed E-state index contributed by atoms with van der Waals surface area (Å²) in [5, 5.41) is 0. The number of piperazine rings is 1. The van der Waals surface area contributed by atoms with E-state index >= 15 is 0 Å². The van der Waals surface area contributed by atoms with Crippen LogP contribution in [0.5, 0.6) is 0 Å². The Kier molecular flexibility index (Phi) is 4.40. The first-order valence-electron chi connectivity index (χ1n) is 6.47.